The van der Waals surface area contributed by atoms with Gasteiger partial charge in [0.1, 0.15) is 0 Å². The fourth-order valence-corrected chi connectivity index (χ4v) is 2.59. The first-order valence-corrected chi connectivity index (χ1v) is 6.78. The van der Waals surface area contributed by atoms with Crippen LogP contribution in [0, 0.1) is 0 Å². The summed E-state index contributed by atoms with van der Waals surface area (Å²) in [5.74, 6) is -0.284. The standard InChI is InChI=1S/C13H15Cl2NO2/c14-9-5-3-4-8(12(9)15)13(18)16-10-6-1-2-7-11(10)17/h3-5,10-11,17H,1-2,6-7H2,(H,16,18). The van der Waals surface area contributed by atoms with Crippen molar-refractivity contribution in [3.8, 4) is 0 Å². The second-order valence-corrected chi connectivity index (χ2v) is 5.32. The van der Waals surface area contributed by atoms with E-state index >= 15 is 0 Å². The third-order valence-electron chi connectivity index (χ3n) is 3.24. The highest BCUT2D eigenvalue weighted by Gasteiger charge is 2.25. The van der Waals surface area contributed by atoms with E-state index in [4.69, 9.17) is 23.2 Å². The molecule has 3 nitrogen and oxygen atoms in total. The van der Waals surface area contributed by atoms with E-state index in [1.54, 1.807) is 18.2 Å². The first-order valence-electron chi connectivity index (χ1n) is 6.02. The van der Waals surface area contributed by atoms with Crippen LogP contribution in [0.5, 0.6) is 0 Å². The van der Waals surface area contributed by atoms with Gasteiger partial charge in [-0.15, -0.1) is 0 Å². The van der Waals surface area contributed by atoms with E-state index in [2.05, 4.69) is 5.32 Å². The molecule has 18 heavy (non-hydrogen) atoms. The molecule has 1 fully saturated rings. The Balaban J connectivity index is 2.09. The molecule has 1 aromatic carbocycles. The minimum absolute atomic E-state index is 0.193. The van der Waals surface area contributed by atoms with Crippen LogP contribution >= 0.6 is 23.2 Å². The predicted octanol–water partition coefficient (Wildman–Crippen LogP) is 3.03. The molecular weight excluding hydrogens is 273 g/mol. The maximum absolute atomic E-state index is 12.1. The average Bonchev–Trinajstić information content (AvgIpc) is 2.35. The molecule has 0 heterocycles. The van der Waals surface area contributed by atoms with E-state index in [0.29, 0.717) is 10.6 Å². The number of amides is 1. The third kappa shape index (κ3) is 2.97. The number of benzene rings is 1. The maximum Gasteiger partial charge on any atom is 0.253 e. The van der Waals surface area contributed by atoms with E-state index in [1.807, 2.05) is 0 Å². The van der Waals surface area contributed by atoms with Gasteiger partial charge in [0.15, 0.2) is 0 Å². The van der Waals surface area contributed by atoms with Crippen LogP contribution in [0.4, 0.5) is 0 Å². The molecule has 0 radical (unpaired) electrons. The number of rotatable bonds is 2. The van der Waals surface area contributed by atoms with Crippen molar-refractivity contribution in [2.24, 2.45) is 0 Å². The Labute approximate surface area is 116 Å². The third-order valence-corrected chi connectivity index (χ3v) is 4.06. The molecule has 0 saturated heterocycles. The van der Waals surface area contributed by atoms with Crippen LogP contribution in [0.25, 0.3) is 0 Å². The molecule has 5 heteroatoms. The largest absolute Gasteiger partial charge is 0.391 e. The van der Waals surface area contributed by atoms with Crippen molar-refractivity contribution in [3.05, 3.63) is 33.8 Å². The van der Waals surface area contributed by atoms with Crippen LogP contribution in [-0.2, 0) is 0 Å². The Kier molecular flexibility index (Phi) is 4.49. The predicted molar refractivity (Wildman–Crippen MR) is 72.2 cm³/mol. The summed E-state index contributed by atoms with van der Waals surface area (Å²) in [5.41, 5.74) is 0.349. The van der Waals surface area contributed by atoms with Gasteiger partial charge in [0.25, 0.3) is 5.91 Å². The zero-order chi connectivity index (χ0) is 13.1. The quantitative estimate of drug-likeness (QED) is 0.878. The van der Waals surface area contributed by atoms with Crippen molar-refractivity contribution in [1.29, 1.82) is 0 Å². The number of aliphatic hydroxyl groups excluding tert-OH is 1. The first kappa shape index (κ1) is 13.7. The number of hydrogen-bond donors (Lipinski definition) is 2. The summed E-state index contributed by atoms with van der Waals surface area (Å²) in [7, 11) is 0. The van der Waals surface area contributed by atoms with Crippen molar-refractivity contribution < 1.29 is 9.90 Å². The molecule has 2 rings (SSSR count). The Morgan fingerprint density at radius 3 is 2.72 bits per heavy atom. The van der Waals surface area contributed by atoms with Crippen LogP contribution in [0.15, 0.2) is 18.2 Å². The summed E-state index contributed by atoms with van der Waals surface area (Å²) >= 11 is 11.9. The average molecular weight is 288 g/mol. The fourth-order valence-electron chi connectivity index (χ4n) is 2.20. The van der Waals surface area contributed by atoms with E-state index in [-0.39, 0.29) is 17.0 Å². The second-order valence-electron chi connectivity index (χ2n) is 4.53. The normalized spacial score (nSPS) is 23.7. The van der Waals surface area contributed by atoms with Gasteiger partial charge in [0, 0.05) is 0 Å². The summed E-state index contributed by atoms with van der Waals surface area (Å²) in [5, 5.41) is 13.2. The molecule has 1 aromatic rings. The summed E-state index contributed by atoms with van der Waals surface area (Å²) in [6, 6.07) is 4.75. The molecule has 1 aliphatic carbocycles. The number of hydrogen-bond acceptors (Lipinski definition) is 2. The van der Waals surface area contributed by atoms with Gasteiger partial charge in [-0.25, -0.2) is 0 Å². The summed E-state index contributed by atoms with van der Waals surface area (Å²) in [4.78, 5) is 12.1. The lowest BCUT2D eigenvalue weighted by Crippen LogP contribution is -2.45. The Morgan fingerprint density at radius 2 is 2.00 bits per heavy atom. The summed E-state index contributed by atoms with van der Waals surface area (Å²) in [6.07, 6.45) is 3.08. The Hall–Kier alpha value is -0.770. The molecule has 98 valence electrons. The van der Waals surface area contributed by atoms with Crippen LogP contribution in [0.3, 0.4) is 0 Å². The topological polar surface area (TPSA) is 49.3 Å². The van der Waals surface area contributed by atoms with Crippen molar-refractivity contribution in [2.75, 3.05) is 0 Å². The van der Waals surface area contributed by atoms with Crippen molar-refractivity contribution in [2.45, 2.75) is 37.8 Å². The Bertz CT molecular complexity index is 451. The lowest BCUT2D eigenvalue weighted by Gasteiger charge is -2.28. The van der Waals surface area contributed by atoms with Crippen LogP contribution in [-0.4, -0.2) is 23.2 Å². The Morgan fingerprint density at radius 1 is 1.28 bits per heavy atom. The first-order chi connectivity index (χ1) is 8.59. The molecule has 0 aromatic heterocycles. The summed E-state index contributed by atoms with van der Waals surface area (Å²) in [6.45, 7) is 0. The van der Waals surface area contributed by atoms with Crippen LogP contribution in [0.2, 0.25) is 10.0 Å². The molecular formula is C13H15Cl2NO2. The minimum Gasteiger partial charge on any atom is -0.391 e. The molecule has 0 aliphatic heterocycles. The van der Waals surface area contributed by atoms with E-state index in [0.717, 1.165) is 25.7 Å². The maximum atomic E-state index is 12.1. The monoisotopic (exact) mass is 287 g/mol. The van der Waals surface area contributed by atoms with Crippen LogP contribution in [0.1, 0.15) is 36.0 Å². The molecule has 1 amide bonds. The van der Waals surface area contributed by atoms with E-state index < -0.39 is 6.10 Å². The number of halogens is 2. The van der Waals surface area contributed by atoms with Crippen molar-refractivity contribution >= 4 is 29.1 Å². The smallest absolute Gasteiger partial charge is 0.253 e. The molecule has 2 N–H and O–H groups in total. The van der Waals surface area contributed by atoms with E-state index in [9.17, 15) is 9.90 Å². The van der Waals surface area contributed by atoms with Gasteiger partial charge in [0.05, 0.1) is 27.8 Å². The van der Waals surface area contributed by atoms with Gasteiger partial charge in [-0.3, -0.25) is 4.79 Å². The molecule has 0 bridgehead atoms. The highest BCUT2D eigenvalue weighted by atomic mass is 35.5. The van der Waals surface area contributed by atoms with Gasteiger partial charge < -0.3 is 10.4 Å². The number of aliphatic hydroxyl groups is 1. The minimum atomic E-state index is -0.472. The molecule has 1 aliphatic rings. The van der Waals surface area contributed by atoms with Gasteiger partial charge in [0.2, 0.25) is 0 Å². The fraction of sp³-hybridized carbons (Fsp3) is 0.462. The number of carbonyl (C=O) groups excluding carboxylic acids is 1. The highest BCUT2D eigenvalue weighted by molar-refractivity contribution is 6.43. The highest BCUT2D eigenvalue weighted by Crippen LogP contribution is 2.26. The lowest BCUT2D eigenvalue weighted by atomic mass is 9.92. The van der Waals surface area contributed by atoms with Gasteiger partial charge in [-0.1, -0.05) is 42.1 Å². The number of carbonyl (C=O) groups is 1. The van der Waals surface area contributed by atoms with Crippen molar-refractivity contribution in [1.82, 2.24) is 5.32 Å². The van der Waals surface area contributed by atoms with Gasteiger partial charge in [-0.05, 0) is 25.0 Å². The van der Waals surface area contributed by atoms with Gasteiger partial charge >= 0.3 is 0 Å². The van der Waals surface area contributed by atoms with Crippen LogP contribution < -0.4 is 5.32 Å². The van der Waals surface area contributed by atoms with Crippen molar-refractivity contribution in [3.63, 3.8) is 0 Å². The molecule has 1 saturated carbocycles. The van der Waals surface area contributed by atoms with E-state index in [1.165, 1.54) is 0 Å². The molecule has 2 unspecified atom stereocenters. The SMILES string of the molecule is O=C(NC1CCCCC1O)c1cccc(Cl)c1Cl. The number of nitrogens with one attached hydrogen (secondary N) is 1. The second kappa shape index (κ2) is 5.91. The lowest BCUT2D eigenvalue weighted by molar-refractivity contribution is 0.0717. The summed E-state index contributed by atoms with van der Waals surface area (Å²) < 4.78 is 0. The van der Waals surface area contributed by atoms with Gasteiger partial charge in [-0.2, -0.15) is 0 Å². The zero-order valence-corrected chi connectivity index (χ0v) is 11.3. The molecule has 0 spiro atoms. The molecule has 2 atom stereocenters. The zero-order valence-electron chi connectivity index (χ0n) is 9.83.